The van der Waals surface area contributed by atoms with Crippen molar-refractivity contribution in [3.63, 3.8) is 0 Å². The summed E-state index contributed by atoms with van der Waals surface area (Å²) in [5.74, 6) is 2.31. The van der Waals surface area contributed by atoms with Crippen molar-refractivity contribution >= 4 is 15.9 Å². The van der Waals surface area contributed by atoms with Gasteiger partial charge in [0.15, 0.2) is 11.5 Å². The molecule has 0 aromatic heterocycles. The van der Waals surface area contributed by atoms with Gasteiger partial charge < -0.3 is 19.9 Å². The Labute approximate surface area is 131 Å². The first kappa shape index (κ1) is 14.2. The molecule has 0 fully saturated rings. The Morgan fingerprint density at radius 3 is 2.57 bits per heavy atom. The summed E-state index contributed by atoms with van der Waals surface area (Å²) in [5.41, 5.74) is 8.34. The number of hydrogen-bond acceptors (Lipinski definition) is 4. The van der Waals surface area contributed by atoms with E-state index in [0.717, 1.165) is 32.8 Å². The highest BCUT2D eigenvalue weighted by Gasteiger charge is 2.17. The number of ether oxygens (including phenoxy) is 3. The fourth-order valence-corrected chi connectivity index (χ4v) is 2.92. The molecule has 1 aliphatic heterocycles. The molecule has 0 bridgehead atoms. The van der Waals surface area contributed by atoms with Crippen molar-refractivity contribution in [1.82, 2.24) is 0 Å². The first-order valence-electron chi connectivity index (χ1n) is 6.67. The van der Waals surface area contributed by atoms with Crippen LogP contribution in [0.4, 0.5) is 0 Å². The molecule has 0 saturated carbocycles. The van der Waals surface area contributed by atoms with Gasteiger partial charge in [0.2, 0.25) is 0 Å². The molecule has 2 N–H and O–H groups in total. The second-order valence-electron chi connectivity index (χ2n) is 4.77. The Morgan fingerprint density at radius 2 is 1.86 bits per heavy atom. The van der Waals surface area contributed by atoms with Crippen LogP contribution in [0.3, 0.4) is 0 Å². The van der Waals surface area contributed by atoms with Crippen LogP contribution in [0.25, 0.3) is 0 Å². The van der Waals surface area contributed by atoms with Gasteiger partial charge in [0.25, 0.3) is 0 Å². The topological polar surface area (TPSA) is 53.7 Å². The van der Waals surface area contributed by atoms with Crippen LogP contribution in [0.2, 0.25) is 0 Å². The summed E-state index contributed by atoms with van der Waals surface area (Å²) in [7, 11) is 1.64. The van der Waals surface area contributed by atoms with Gasteiger partial charge in [-0.3, -0.25) is 0 Å². The first-order chi connectivity index (χ1) is 10.2. The third-order valence-electron chi connectivity index (χ3n) is 3.47. The summed E-state index contributed by atoms with van der Waals surface area (Å²) in [6, 6.07) is 11.3. The summed E-state index contributed by atoms with van der Waals surface area (Å²) >= 11 is 3.54. The van der Waals surface area contributed by atoms with Crippen molar-refractivity contribution in [2.45, 2.75) is 6.04 Å². The van der Waals surface area contributed by atoms with Gasteiger partial charge in [-0.15, -0.1) is 0 Å². The number of nitrogens with two attached hydrogens (primary N) is 1. The number of halogens is 1. The molecule has 110 valence electrons. The van der Waals surface area contributed by atoms with E-state index in [1.807, 2.05) is 36.4 Å². The van der Waals surface area contributed by atoms with E-state index in [0.29, 0.717) is 13.2 Å². The lowest BCUT2D eigenvalue weighted by Gasteiger charge is -2.21. The number of benzene rings is 2. The fraction of sp³-hybridized carbons (Fsp3) is 0.250. The van der Waals surface area contributed by atoms with E-state index < -0.39 is 0 Å². The van der Waals surface area contributed by atoms with E-state index in [-0.39, 0.29) is 6.04 Å². The van der Waals surface area contributed by atoms with E-state index in [4.69, 9.17) is 19.9 Å². The van der Waals surface area contributed by atoms with E-state index in [1.54, 1.807) is 7.11 Å². The quantitative estimate of drug-likeness (QED) is 0.923. The lowest BCUT2D eigenvalue weighted by molar-refractivity contribution is 0.171. The molecule has 2 aromatic rings. The van der Waals surface area contributed by atoms with Crippen LogP contribution in [0.1, 0.15) is 17.2 Å². The lowest BCUT2D eigenvalue weighted by atomic mass is 9.99. The number of rotatable bonds is 3. The molecule has 1 atom stereocenters. The molecule has 1 unspecified atom stereocenters. The van der Waals surface area contributed by atoms with Crippen LogP contribution in [-0.4, -0.2) is 20.3 Å². The zero-order valence-electron chi connectivity index (χ0n) is 11.6. The van der Waals surface area contributed by atoms with Crippen molar-refractivity contribution < 1.29 is 14.2 Å². The van der Waals surface area contributed by atoms with Crippen LogP contribution < -0.4 is 19.9 Å². The molecule has 0 saturated heterocycles. The minimum Gasteiger partial charge on any atom is -0.497 e. The molecule has 21 heavy (non-hydrogen) atoms. The Kier molecular flexibility index (Phi) is 4.03. The SMILES string of the molecule is COc1ccc(C(N)c2ccc3c(c2)OCCO3)c(Br)c1. The summed E-state index contributed by atoms with van der Waals surface area (Å²) in [4.78, 5) is 0. The minimum atomic E-state index is -0.249. The Bertz CT molecular complexity index is 660. The van der Waals surface area contributed by atoms with Gasteiger partial charge in [0.05, 0.1) is 13.2 Å². The highest BCUT2D eigenvalue weighted by atomic mass is 79.9. The molecule has 5 heteroatoms. The summed E-state index contributed by atoms with van der Waals surface area (Å²) in [6.45, 7) is 1.15. The predicted molar refractivity (Wildman–Crippen MR) is 84.2 cm³/mol. The minimum absolute atomic E-state index is 0.249. The predicted octanol–water partition coefficient (Wildman–Crippen LogP) is 3.28. The maximum atomic E-state index is 6.37. The average Bonchev–Trinajstić information content (AvgIpc) is 2.53. The largest absolute Gasteiger partial charge is 0.497 e. The van der Waals surface area contributed by atoms with Crippen molar-refractivity contribution in [2.75, 3.05) is 20.3 Å². The second kappa shape index (κ2) is 5.95. The number of methoxy groups -OCH3 is 1. The second-order valence-corrected chi connectivity index (χ2v) is 5.62. The van der Waals surface area contributed by atoms with Crippen molar-refractivity contribution in [1.29, 1.82) is 0 Å². The zero-order chi connectivity index (χ0) is 14.8. The monoisotopic (exact) mass is 349 g/mol. The van der Waals surface area contributed by atoms with E-state index in [1.165, 1.54) is 0 Å². The van der Waals surface area contributed by atoms with Crippen LogP contribution >= 0.6 is 15.9 Å². The molecule has 0 radical (unpaired) electrons. The normalized spacial score (nSPS) is 14.6. The molecule has 0 amide bonds. The van der Waals surface area contributed by atoms with Gasteiger partial charge in [-0.2, -0.15) is 0 Å². The van der Waals surface area contributed by atoms with E-state index >= 15 is 0 Å². The number of fused-ring (bicyclic) bond motifs is 1. The molecule has 3 rings (SSSR count). The summed E-state index contributed by atoms with van der Waals surface area (Å²) in [5, 5.41) is 0. The molecule has 2 aromatic carbocycles. The number of hydrogen-bond donors (Lipinski definition) is 1. The highest BCUT2D eigenvalue weighted by molar-refractivity contribution is 9.10. The van der Waals surface area contributed by atoms with Crippen LogP contribution in [0.5, 0.6) is 17.2 Å². The molecule has 0 spiro atoms. The van der Waals surface area contributed by atoms with Gasteiger partial charge in [-0.05, 0) is 35.4 Å². The Hall–Kier alpha value is -1.72. The lowest BCUT2D eigenvalue weighted by Crippen LogP contribution is -2.17. The molecular formula is C16H16BrNO3. The van der Waals surface area contributed by atoms with E-state index in [9.17, 15) is 0 Å². The Balaban J connectivity index is 1.93. The van der Waals surface area contributed by atoms with Gasteiger partial charge in [-0.1, -0.05) is 28.1 Å². The Morgan fingerprint density at radius 1 is 1.10 bits per heavy atom. The van der Waals surface area contributed by atoms with Crippen LogP contribution in [-0.2, 0) is 0 Å². The van der Waals surface area contributed by atoms with Gasteiger partial charge in [0.1, 0.15) is 19.0 Å². The average molecular weight is 350 g/mol. The molecular weight excluding hydrogens is 334 g/mol. The van der Waals surface area contributed by atoms with Crippen LogP contribution in [0, 0.1) is 0 Å². The zero-order valence-corrected chi connectivity index (χ0v) is 13.2. The highest BCUT2D eigenvalue weighted by Crippen LogP contribution is 2.35. The van der Waals surface area contributed by atoms with Crippen molar-refractivity contribution in [2.24, 2.45) is 5.73 Å². The standard InChI is InChI=1S/C16H16BrNO3/c1-19-11-3-4-12(13(17)9-11)16(18)10-2-5-14-15(8-10)21-7-6-20-14/h2-5,8-9,16H,6-7,18H2,1H3. The van der Waals surface area contributed by atoms with E-state index in [2.05, 4.69) is 15.9 Å². The maximum absolute atomic E-state index is 6.37. The molecule has 1 aliphatic rings. The molecule has 4 nitrogen and oxygen atoms in total. The third kappa shape index (κ3) is 2.84. The first-order valence-corrected chi connectivity index (χ1v) is 7.47. The van der Waals surface area contributed by atoms with Gasteiger partial charge in [0, 0.05) is 4.47 Å². The summed E-state index contributed by atoms with van der Waals surface area (Å²) < 4.78 is 17.3. The van der Waals surface area contributed by atoms with Crippen molar-refractivity contribution in [3.05, 3.63) is 52.0 Å². The fourth-order valence-electron chi connectivity index (χ4n) is 2.32. The summed E-state index contributed by atoms with van der Waals surface area (Å²) in [6.07, 6.45) is 0. The maximum Gasteiger partial charge on any atom is 0.161 e. The molecule has 1 heterocycles. The van der Waals surface area contributed by atoms with Gasteiger partial charge >= 0.3 is 0 Å². The smallest absolute Gasteiger partial charge is 0.161 e. The van der Waals surface area contributed by atoms with Crippen molar-refractivity contribution in [3.8, 4) is 17.2 Å². The molecule has 0 aliphatic carbocycles. The third-order valence-corrected chi connectivity index (χ3v) is 4.15. The van der Waals surface area contributed by atoms with Gasteiger partial charge in [-0.25, -0.2) is 0 Å². The van der Waals surface area contributed by atoms with Crippen LogP contribution in [0.15, 0.2) is 40.9 Å².